The van der Waals surface area contributed by atoms with E-state index >= 15 is 0 Å². The molecule has 1 nitrogen and oxygen atoms in total. The van der Waals surface area contributed by atoms with Crippen molar-refractivity contribution in [3.05, 3.63) is 34.5 Å². The molecule has 15 heavy (non-hydrogen) atoms. The van der Waals surface area contributed by atoms with Gasteiger partial charge >= 0.3 is 0 Å². The van der Waals surface area contributed by atoms with Crippen molar-refractivity contribution in [1.82, 2.24) is 4.98 Å². The van der Waals surface area contributed by atoms with Gasteiger partial charge in [-0.15, -0.1) is 6.42 Å². The molecule has 0 atom stereocenters. The van der Waals surface area contributed by atoms with Crippen LogP contribution in [-0.2, 0) is 0 Å². The third-order valence-electron chi connectivity index (χ3n) is 2.58. The number of rotatable bonds is 1. The lowest BCUT2D eigenvalue weighted by molar-refractivity contribution is 1.09. The predicted octanol–water partition coefficient (Wildman–Crippen LogP) is 1.47. The second-order valence-electron chi connectivity index (χ2n) is 3.64. The molecular weight excluding hydrogens is 182 g/mol. The van der Waals surface area contributed by atoms with Gasteiger partial charge in [0.1, 0.15) is 0 Å². The first-order chi connectivity index (χ1) is 7.33. The summed E-state index contributed by atoms with van der Waals surface area (Å²) in [6.45, 7) is 2.00. The van der Waals surface area contributed by atoms with E-state index in [1.807, 2.05) is 13.1 Å². The summed E-state index contributed by atoms with van der Waals surface area (Å²) in [5, 5.41) is 2.50. The van der Waals surface area contributed by atoms with E-state index in [9.17, 15) is 0 Å². The maximum Gasteiger partial charge on any atom is 0.0740 e. The molecule has 0 bridgehead atoms. The number of nitrogens with zero attached hydrogens (tertiary/aromatic N) is 1. The monoisotopic (exact) mass is 195 g/mol. The molecule has 1 aromatic rings. The first-order valence-corrected chi connectivity index (χ1v) is 5.11. The Balaban J connectivity index is 2.71. The van der Waals surface area contributed by atoms with Gasteiger partial charge in [-0.25, -0.2) is 0 Å². The molecule has 0 aliphatic heterocycles. The van der Waals surface area contributed by atoms with Gasteiger partial charge in [0.25, 0.3) is 0 Å². The van der Waals surface area contributed by atoms with Gasteiger partial charge in [0.15, 0.2) is 0 Å². The van der Waals surface area contributed by atoms with Crippen LogP contribution in [-0.4, -0.2) is 4.98 Å². The highest BCUT2D eigenvalue weighted by Crippen LogP contribution is 2.05. The maximum absolute atomic E-state index is 5.27. The quantitative estimate of drug-likeness (QED) is 0.618. The minimum absolute atomic E-state index is 1.02. The zero-order valence-corrected chi connectivity index (χ0v) is 8.83. The van der Waals surface area contributed by atoms with Crippen LogP contribution >= 0.6 is 0 Å². The summed E-state index contributed by atoms with van der Waals surface area (Å²) in [5.41, 5.74) is 2.07. The summed E-state index contributed by atoms with van der Waals surface area (Å²) in [6, 6.07) is 2.05. The molecule has 1 heteroatoms. The van der Waals surface area contributed by atoms with E-state index in [1.54, 1.807) is 6.08 Å². The van der Waals surface area contributed by atoms with Crippen molar-refractivity contribution in [2.45, 2.75) is 19.8 Å². The highest BCUT2D eigenvalue weighted by Gasteiger charge is 2.02. The Kier molecular flexibility index (Phi) is 2.69. The van der Waals surface area contributed by atoms with Crippen LogP contribution in [0.5, 0.6) is 0 Å². The average Bonchev–Trinajstić information content (AvgIpc) is 2.28. The van der Waals surface area contributed by atoms with Gasteiger partial charge in [-0.05, 0) is 42.7 Å². The fourth-order valence-electron chi connectivity index (χ4n) is 1.85. The Labute approximate surface area is 89.9 Å². The second-order valence-corrected chi connectivity index (χ2v) is 3.64. The number of hydrogen-bond donors (Lipinski definition) is 0. The molecule has 0 N–H and O–H groups in total. The van der Waals surface area contributed by atoms with E-state index in [0.717, 1.165) is 24.1 Å². The molecule has 0 spiro atoms. The highest BCUT2D eigenvalue weighted by molar-refractivity contribution is 5.65. The standard InChI is InChI=1S/C14H13N/c1-3-6-11(2)14-13-8-5-4-7-12(13)9-10-15-14/h1,6-10H,4-5H2,2H3/b11-6+. The largest absolute Gasteiger partial charge is 0.256 e. The van der Waals surface area contributed by atoms with Gasteiger partial charge in [0, 0.05) is 11.4 Å². The van der Waals surface area contributed by atoms with Crippen LogP contribution < -0.4 is 10.4 Å². The van der Waals surface area contributed by atoms with Crippen molar-refractivity contribution < 1.29 is 0 Å². The first-order valence-electron chi connectivity index (χ1n) is 5.11. The zero-order valence-electron chi connectivity index (χ0n) is 8.83. The Morgan fingerprint density at radius 1 is 1.47 bits per heavy atom. The fourth-order valence-corrected chi connectivity index (χ4v) is 1.85. The smallest absolute Gasteiger partial charge is 0.0740 e. The molecule has 2 rings (SSSR count). The number of hydrogen-bond acceptors (Lipinski definition) is 1. The molecule has 0 saturated carbocycles. The molecule has 1 aliphatic rings. The summed E-state index contributed by atoms with van der Waals surface area (Å²) in [7, 11) is 0. The highest BCUT2D eigenvalue weighted by atomic mass is 14.7. The normalized spacial score (nSPS) is 14.5. The molecule has 0 saturated heterocycles. The van der Waals surface area contributed by atoms with E-state index in [-0.39, 0.29) is 0 Å². The van der Waals surface area contributed by atoms with Crippen molar-refractivity contribution in [1.29, 1.82) is 0 Å². The number of aromatic nitrogens is 1. The molecule has 0 unspecified atom stereocenters. The average molecular weight is 195 g/mol. The summed E-state index contributed by atoms with van der Waals surface area (Å²) >= 11 is 0. The zero-order chi connectivity index (χ0) is 10.7. The number of pyridine rings is 1. The lowest BCUT2D eigenvalue weighted by Gasteiger charge is -2.05. The van der Waals surface area contributed by atoms with Crippen LogP contribution in [0.2, 0.25) is 0 Å². The summed E-state index contributed by atoms with van der Waals surface area (Å²) < 4.78 is 0. The number of allylic oxidation sites excluding steroid dienone is 2. The van der Waals surface area contributed by atoms with Crippen molar-refractivity contribution in [3.63, 3.8) is 0 Å². The molecular formula is C14H13N. The third kappa shape index (κ3) is 1.85. The number of terminal acetylenes is 1. The van der Waals surface area contributed by atoms with Gasteiger partial charge in [-0.3, -0.25) is 4.98 Å². The lowest BCUT2D eigenvalue weighted by Crippen LogP contribution is -2.30. The van der Waals surface area contributed by atoms with Crippen molar-refractivity contribution >= 4 is 17.7 Å². The van der Waals surface area contributed by atoms with Crippen molar-refractivity contribution in [2.24, 2.45) is 0 Å². The summed E-state index contributed by atoms with van der Waals surface area (Å²) in [6.07, 6.45) is 15.6. The lowest BCUT2D eigenvalue weighted by atomic mass is 10.0. The molecule has 1 aromatic heterocycles. The third-order valence-corrected chi connectivity index (χ3v) is 2.58. The van der Waals surface area contributed by atoms with Crippen LogP contribution in [0.25, 0.3) is 17.7 Å². The molecule has 74 valence electrons. The molecule has 1 aliphatic carbocycles. The second kappa shape index (κ2) is 4.14. The van der Waals surface area contributed by atoms with Gasteiger partial charge in [-0.1, -0.05) is 18.1 Å². The minimum Gasteiger partial charge on any atom is -0.256 e. The van der Waals surface area contributed by atoms with Crippen LogP contribution in [0, 0.1) is 12.3 Å². The van der Waals surface area contributed by atoms with Gasteiger partial charge in [-0.2, -0.15) is 0 Å². The van der Waals surface area contributed by atoms with Gasteiger partial charge in [0.05, 0.1) is 5.69 Å². The SMILES string of the molecule is C#C/C=C(\C)c1nccc2c1=CCCC=2. The van der Waals surface area contributed by atoms with E-state index < -0.39 is 0 Å². The Morgan fingerprint density at radius 2 is 2.27 bits per heavy atom. The molecule has 0 amide bonds. The van der Waals surface area contributed by atoms with Crippen molar-refractivity contribution in [2.75, 3.05) is 0 Å². The summed E-state index contributed by atoms with van der Waals surface area (Å²) in [5.74, 6) is 2.55. The summed E-state index contributed by atoms with van der Waals surface area (Å²) in [4.78, 5) is 4.40. The Hall–Kier alpha value is -1.81. The van der Waals surface area contributed by atoms with E-state index in [0.29, 0.717) is 0 Å². The van der Waals surface area contributed by atoms with Crippen LogP contribution in [0.15, 0.2) is 18.3 Å². The predicted molar refractivity (Wildman–Crippen MR) is 64.1 cm³/mol. The first kappa shape index (κ1) is 9.73. The van der Waals surface area contributed by atoms with Crippen LogP contribution in [0.3, 0.4) is 0 Å². The van der Waals surface area contributed by atoms with Crippen LogP contribution in [0.4, 0.5) is 0 Å². The van der Waals surface area contributed by atoms with Crippen LogP contribution in [0.1, 0.15) is 25.5 Å². The molecule has 0 aromatic carbocycles. The van der Waals surface area contributed by atoms with E-state index in [2.05, 4.69) is 29.1 Å². The number of fused-ring (bicyclic) bond motifs is 1. The van der Waals surface area contributed by atoms with E-state index in [1.165, 1.54) is 10.4 Å². The maximum atomic E-state index is 5.27. The molecule has 1 heterocycles. The van der Waals surface area contributed by atoms with E-state index in [4.69, 9.17) is 6.42 Å². The van der Waals surface area contributed by atoms with Gasteiger partial charge < -0.3 is 0 Å². The van der Waals surface area contributed by atoms with Crippen molar-refractivity contribution in [3.8, 4) is 12.3 Å². The molecule has 0 fully saturated rings. The topological polar surface area (TPSA) is 12.9 Å². The fraction of sp³-hybridized carbons (Fsp3) is 0.214. The Morgan fingerprint density at radius 3 is 3.07 bits per heavy atom. The molecule has 0 radical (unpaired) electrons. The minimum atomic E-state index is 1.02. The Bertz CT molecular complexity index is 556. The van der Waals surface area contributed by atoms with Gasteiger partial charge in [0.2, 0.25) is 0 Å².